The summed E-state index contributed by atoms with van der Waals surface area (Å²) < 4.78 is 0. The Bertz CT molecular complexity index is 2540. The van der Waals surface area contributed by atoms with Gasteiger partial charge in [0.1, 0.15) is 18.1 Å². The number of carbonyl (C=O) groups excluding carboxylic acids is 4. The van der Waals surface area contributed by atoms with Gasteiger partial charge in [-0.25, -0.2) is 9.97 Å². The lowest BCUT2D eigenvalue weighted by Crippen LogP contribution is -2.38. The third-order valence-corrected chi connectivity index (χ3v) is 12.8. The van der Waals surface area contributed by atoms with E-state index >= 15 is 0 Å². The first kappa shape index (κ1) is 46.5. The molecule has 4 aliphatic heterocycles. The van der Waals surface area contributed by atoms with E-state index in [0.717, 1.165) is 53.2 Å². The minimum Gasteiger partial charge on any atom is -0.360 e. The van der Waals surface area contributed by atoms with Crippen molar-refractivity contribution in [1.29, 1.82) is 15.8 Å². The number of rotatable bonds is 6. The summed E-state index contributed by atoms with van der Waals surface area (Å²) >= 11 is 6.02. The van der Waals surface area contributed by atoms with Gasteiger partial charge < -0.3 is 30.2 Å². The molecule has 0 spiro atoms. The first-order chi connectivity index (χ1) is 30.5. The van der Waals surface area contributed by atoms with Gasteiger partial charge in [-0.05, 0) is 85.3 Å². The van der Waals surface area contributed by atoms with Crippen LogP contribution in [0.2, 0.25) is 5.02 Å². The molecule has 0 unspecified atom stereocenters. The van der Waals surface area contributed by atoms with E-state index in [1.807, 2.05) is 65.6 Å². The molecule has 6 heterocycles. The molecule has 16 heteroatoms. The molecule has 2 N–H and O–H groups in total. The molecule has 4 aromatic rings. The zero-order chi connectivity index (χ0) is 46.3. The van der Waals surface area contributed by atoms with E-state index in [1.54, 1.807) is 67.2 Å². The summed E-state index contributed by atoms with van der Waals surface area (Å²) in [5.74, 6) is 1.57. The van der Waals surface area contributed by atoms with Crippen LogP contribution < -0.4 is 10.6 Å². The van der Waals surface area contributed by atoms with Crippen LogP contribution in [-0.4, -0.2) is 106 Å². The molecule has 15 nitrogen and oxygen atoms in total. The van der Waals surface area contributed by atoms with E-state index in [-0.39, 0.29) is 53.2 Å². The van der Waals surface area contributed by atoms with Crippen molar-refractivity contribution in [3.63, 3.8) is 0 Å². The quantitative estimate of drug-likeness (QED) is 0.221. The Morgan fingerprint density at radius 3 is 1.48 bits per heavy atom. The molecule has 330 valence electrons. The zero-order valence-corrected chi connectivity index (χ0v) is 37.7. The third-order valence-electron chi connectivity index (χ3n) is 12.6. The number of nitriles is 3. The Morgan fingerprint density at radius 1 is 0.719 bits per heavy atom. The van der Waals surface area contributed by atoms with Gasteiger partial charge in [0.05, 0.1) is 58.1 Å². The van der Waals surface area contributed by atoms with E-state index in [0.29, 0.717) is 54.3 Å². The van der Waals surface area contributed by atoms with Gasteiger partial charge in [-0.15, -0.1) is 0 Å². The molecule has 64 heavy (non-hydrogen) atoms. The lowest BCUT2D eigenvalue weighted by Gasteiger charge is -2.25. The summed E-state index contributed by atoms with van der Waals surface area (Å²) in [6.07, 6.45) is 6.31. The first-order valence-corrected chi connectivity index (χ1v) is 21.5. The monoisotopic (exact) mass is 881 g/mol. The SMILES string of the molecule is CC(=O)N(C)[C@H]1CCN(C(=O)c2cnc3c(c2)C[C@](C)(c2ccc(C#N)cc2)N3)C1.CC(=O)N(C)[C@H]1CCN(C(=O)c2cnc3c(c2)C[C@](C)(c2ccc(Cl)cc2)N3)C1.N#CCC#N. The molecule has 0 saturated carbocycles. The zero-order valence-electron chi connectivity index (χ0n) is 37.0. The second-order valence-corrected chi connectivity index (χ2v) is 17.5. The van der Waals surface area contributed by atoms with E-state index in [2.05, 4.69) is 40.5 Å². The van der Waals surface area contributed by atoms with Gasteiger partial charge in [-0.2, -0.15) is 15.8 Å². The van der Waals surface area contributed by atoms with Crippen LogP contribution >= 0.6 is 11.6 Å². The van der Waals surface area contributed by atoms with Crippen molar-refractivity contribution in [2.75, 3.05) is 50.9 Å². The van der Waals surface area contributed by atoms with Crippen molar-refractivity contribution in [2.24, 2.45) is 0 Å². The highest BCUT2D eigenvalue weighted by Crippen LogP contribution is 2.40. The van der Waals surface area contributed by atoms with E-state index < -0.39 is 0 Å². The Labute approximate surface area is 379 Å². The number of aromatic nitrogens is 2. The number of amides is 4. The second-order valence-electron chi connectivity index (χ2n) is 17.1. The summed E-state index contributed by atoms with van der Waals surface area (Å²) in [5.41, 5.74) is 5.41. The molecule has 4 atom stereocenters. The molecule has 0 bridgehead atoms. The second kappa shape index (κ2) is 19.6. The number of likely N-dealkylation sites (N-methyl/N-ethyl adjacent to an activating group) is 2. The van der Waals surface area contributed by atoms with E-state index in [9.17, 15) is 19.2 Å². The highest BCUT2D eigenvalue weighted by Gasteiger charge is 2.38. The van der Waals surface area contributed by atoms with Gasteiger partial charge in [0.25, 0.3) is 11.8 Å². The van der Waals surface area contributed by atoms with Crippen LogP contribution in [0.3, 0.4) is 0 Å². The molecule has 2 saturated heterocycles. The highest BCUT2D eigenvalue weighted by molar-refractivity contribution is 6.30. The number of nitrogens with zero attached hydrogens (tertiary/aromatic N) is 9. The van der Waals surface area contributed by atoms with Crippen molar-refractivity contribution in [2.45, 2.75) is 83.0 Å². The normalized spacial score (nSPS) is 21.1. The smallest absolute Gasteiger partial charge is 0.255 e. The molecular formula is C48H52ClN11O4. The third kappa shape index (κ3) is 10.3. The number of hydrogen-bond donors (Lipinski definition) is 2. The van der Waals surface area contributed by atoms with Crippen LogP contribution in [0.1, 0.15) is 95.5 Å². The number of anilines is 2. The van der Waals surface area contributed by atoms with Crippen LogP contribution in [0, 0.1) is 34.0 Å². The highest BCUT2D eigenvalue weighted by atomic mass is 35.5. The van der Waals surface area contributed by atoms with Crippen molar-refractivity contribution >= 4 is 46.9 Å². The number of hydrogen-bond acceptors (Lipinski definition) is 11. The van der Waals surface area contributed by atoms with Gasteiger partial charge in [0, 0.05) is 84.4 Å². The number of benzene rings is 2. The number of pyridine rings is 2. The molecule has 4 amide bonds. The lowest BCUT2D eigenvalue weighted by atomic mass is 9.88. The Kier molecular flexibility index (Phi) is 14.2. The maximum atomic E-state index is 13.0. The van der Waals surface area contributed by atoms with Crippen molar-refractivity contribution < 1.29 is 19.2 Å². The Hall–Kier alpha value is -7.02. The average molecular weight is 882 g/mol. The van der Waals surface area contributed by atoms with Crippen LogP contribution in [0.15, 0.2) is 73.1 Å². The van der Waals surface area contributed by atoms with Crippen LogP contribution in [0.25, 0.3) is 0 Å². The van der Waals surface area contributed by atoms with E-state index in [1.165, 1.54) is 0 Å². The standard InChI is InChI=1S/C23H25N5O2.C22H25ClN4O2.C3H2N2/c1-15(29)27(3)20-8-9-28(14-20)22(30)18-10-17-11-23(2,26-21(17)25-13-18)19-6-4-16(12-24)5-7-19;1-14(28)26(3)19-8-9-27(13-19)21(29)16-10-15-11-22(2,25-20(15)24-12-16)17-4-6-18(23)7-5-17;4-2-1-3-5/h4-7,10,13,20H,8-9,11,14H2,1-3H3,(H,25,26);4-7,10,12,19H,8-9,11,13H2,1-3H3,(H,24,25);1H2/t20-,23+;19-,22+;/m00./s1. The predicted molar refractivity (Wildman–Crippen MR) is 242 cm³/mol. The maximum absolute atomic E-state index is 13.0. The number of halogens is 1. The largest absolute Gasteiger partial charge is 0.360 e. The van der Waals surface area contributed by atoms with Crippen LogP contribution in [0.4, 0.5) is 11.6 Å². The molecular weight excluding hydrogens is 830 g/mol. The van der Waals surface area contributed by atoms with Gasteiger partial charge in [-0.1, -0.05) is 35.9 Å². The minimum absolute atomic E-state index is 0. The van der Waals surface area contributed by atoms with Crippen molar-refractivity contribution in [3.8, 4) is 18.2 Å². The summed E-state index contributed by atoms with van der Waals surface area (Å²) in [4.78, 5) is 65.3. The summed E-state index contributed by atoms with van der Waals surface area (Å²) in [5, 5.41) is 31.9. The lowest BCUT2D eigenvalue weighted by molar-refractivity contribution is -0.130. The summed E-state index contributed by atoms with van der Waals surface area (Å²) in [6, 6.07) is 24.8. The van der Waals surface area contributed by atoms with Gasteiger partial charge in [0.15, 0.2) is 0 Å². The Balaban J connectivity index is 0.000000192. The fourth-order valence-corrected chi connectivity index (χ4v) is 8.73. The molecule has 8 rings (SSSR count). The van der Waals surface area contributed by atoms with Crippen molar-refractivity contribution in [1.82, 2.24) is 29.6 Å². The molecule has 2 aromatic heterocycles. The summed E-state index contributed by atoms with van der Waals surface area (Å²) in [7, 11) is 3.58. The average Bonchev–Trinajstić information content (AvgIpc) is 4.11. The molecule has 2 aromatic carbocycles. The van der Waals surface area contributed by atoms with Gasteiger partial charge in [-0.3, -0.25) is 19.2 Å². The predicted octanol–water partition coefficient (Wildman–Crippen LogP) is 6.26. The fourth-order valence-electron chi connectivity index (χ4n) is 8.60. The minimum atomic E-state index is -0.339. The van der Waals surface area contributed by atoms with Crippen molar-refractivity contribution in [3.05, 3.63) is 117 Å². The van der Waals surface area contributed by atoms with Gasteiger partial charge >= 0.3 is 0 Å². The van der Waals surface area contributed by atoms with Gasteiger partial charge in [0.2, 0.25) is 11.8 Å². The van der Waals surface area contributed by atoms with Crippen LogP contribution in [0.5, 0.6) is 0 Å². The first-order valence-electron chi connectivity index (χ1n) is 21.1. The molecule has 0 aliphatic carbocycles. The Morgan fingerprint density at radius 2 is 1.12 bits per heavy atom. The number of carbonyl (C=O) groups is 4. The number of fused-ring (bicyclic) bond motifs is 2. The van der Waals surface area contributed by atoms with E-state index in [4.69, 9.17) is 27.4 Å². The topological polar surface area (TPSA) is 202 Å². The molecule has 4 aliphatic rings. The molecule has 2 fully saturated rings. The maximum Gasteiger partial charge on any atom is 0.255 e. The number of nitrogens with one attached hydrogen (secondary N) is 2. The fraction of sp³-hybridized carbons (Fsp3) is 0.396. The number of likely N-dealkylation sites (tertiary alicyclic amines) is 2. The molecule has 0 radical (unpaired) electrons. The summed E-state index contributed by atoms with van der Waals surface area (Å²) in [6.45, 7) is 9.73. The van der Waals surface area contributed by atoms with Crippen LogP contribution in [-0.2, 0) is 33.5 Å².